The average Bonchev–Trinajstić information content (AvgIpc) is 2.89. The molecule has 1 saturated heterocycles. The summed E-state index contributed by atoms with van der Waals surface area (Å²) in [5, 5.41) is 2.11. The van der Waals surface area contributed by atoms with Gasteiger partial charge >= 0.3 is 0 Å². The molecule has 2 fully saturated rings. The Balaban J connectivity index is 1.50. The van der Waals surface area contributed by atoms with Gasteiger partial charge in [-0.25, -0.2) is 0 Å². The molecule has 1 saturated carbocycles. The van der Waals surface area contributed by atoms with Crippen LogP contribution in [0.25, 0.3) is 0 Å². The van der Waals surface area contributed by atoms with Crippen molar-refractivity contribution in [1.29, 1.82) is 0 Å². The monoisotopic (exact) mass is 279 g/mol. The fraction of sp³-hybridized carbons (Fsp3) is 0.643. The van der Waals surface area contributed by atoms with Crippen LogP contribution in [0, 0.1) is 0 Å². The molecule has 0 spiro atoms. The summed E-state index contributed by atoms with van der Waals surface area (Å²) in [5.74, 6) is 0.175. The fourth-order valence-electron chi connectivity index (χ4n) is 2.82. The molecule has 0 radical (unpaired) electrons. The summed E-state index contributed by atoms with van der Waals surface area (Å²) in [6, 6.07) is 4.26. The summed E-state index contributed by atoms with van der Waals surface area (Å²) < 4.78 is 0. The van der Waals surface area contributed by atoms with Crippen LogP contribution >= 0.6 is 11.3 Å². The van der Waals surface area contributed by atoms with Gasteiger partial charge in [-0.05, 0) is 30.7 Å². The van der Waals surface area contributed by atoms with Gasteiger partial charge < -0.3 is 10.6 Å². The van der Waals surface area contributed by atoms with Gasteiger partial charge in [-0.15, -0.1) is 11.3 Å². The Morgan fingerprint density at radius 2 is 2.05 bits per heavy atom. The molecule has 2 aliphatic rings. The third-order valence-corrected chi connectivity index (χ3v) is 5.15. The first-order valence-corrected chi connectivity index (χ1v) is 7.88. The van der Waals surface area contributed by atoms with Crippen LogP contribution in [0.5, 0.6) is 0 Å². The quantitative estimate of drug-likeness (QED) is 0.906. The maximum Gasteiger partial charge on any atom is 0.242 e. The van der Waals surface area contributed by atoms with Gasteiger partial charge in [0, 0.05) is 37.6 Å². The Bertz CT molecular complexity index is 434. The number of hydrogen-bond acceptors (Lipinski definition) is 4. The van der Waals surface area contributed by atoms with Gasteiger partial charge in [-0.1, -0.05) is 6.07 Å². The van der Waals surface area contributed by atoms with E-state index in [9.17, 15) is 4.79 Å². The van der Waals surface area contributed by atoms with Crippen LogP contribution < -0.4 is 5.73 Å². The minimum atomic E-state index is -0.532. The first-order chi connectivity index (χ1) is 9.17. The molecular weight excluding hydrogens is 258 g/mol. The van der Waals surface area contributed by atoms with Gasteiger partial charge in [0.25, 0.3) is 0 Å². The molecule has 2 heterocycles. The Labute approximate surface area is 118 Å². The molecule has 104 valence electrons. The lowest BCUT2D eigenvalue weighted by Crippen LogP contribution is -2.62. The van der Waals surface area contributed by atoms with Crippen molar-refractivity contribution in [2.75, 3.05) is 26.2 Å². The molecule has 0 aromatic carbocycles. The molecule has 1 aliphatic heterocycles. The lowest BCUT2D eigenvalue weighted by molar-refractivity contribution is -0.142. The van der Waals surface area contributed by atoms with Crippen molar-refractivity contribution in [2.45, 2.75) is 31.3 Å². The van der Waals surface area contributed by atoms with Gasteiger partial charge in [0.15, 0.2) is 0 Å². The lowest BCUT2D eigenvalue weighted by atomic mass is 9.76. The van der Waals surface area contributed by atoms with Crippen LogP contribution in [-0.4, -0.2) is 47.4 Å². The van der Waals surface area contributed by atoms with E-state index in [2.05, 4.69) is 22.4 Å². The standard InChI is InChI=1S/C14H21N3OS/c15-14(4-2-5-14)13(18)17-8-6-16(7-9-17)11-12-3-1-10-19-12/h1,3,10H,2,4-9,11,15H2. The van der Waals surface area contributed by atoms with E-state index in [0.29, 0.717) is 0 Å². The summed E-state index contributed by atoms with van der Waals surface area (Å²) in [4.78, 5) is 18.1. The number of rotatable bonds is 3. The van der Waals surface area contributed by atoms with Crippen molar-refractivity contribution in [3.05, 3.63) is 22.4 Å². The molecule has 2 N–H and O–H groups in total. The molecule has 0 unspecified atom stereocenters. The van der Waals surface area contributed by atoms with Crippen LogP contribution in [-0.2, 0) is 11.3 Å². The third-order valence-electron chi connectivity index (χ3n) is 4.29. The zero-order valence-corrected chi connectivity index (χ0v) is 12.0. The van der Waals surface area contributed by atoms with Gasteiger partial charge in [0.1, 0.15) is 0 Å². The Morgan fingerprint density at radius 3 is 2.58 bits per heavy atom. The number of amides is 1. The third kappa shape index (κ3) is 2.68. The molecule has 1 aromatic heterocycles. The smallest absolute Gasteiger partial charge is 0.242 e. The highest BCUT2D eigenvalue weighted by molar-refractivity contribution is 7.09. The Morgan fingerprint density at radius 1 is 1.32 bits per heavy atom. The van der Waals surface area contributed by atoms with Gasteiger partial charge in [-0.3, -0.25) is 9.69 Å². The SMILES string of the molecule is NC1(C(=O)N2CCN(Cc3cccs3)CC2)CCC1. The van der Waals surface area contributed by atoms with Gasteiger partial charge in [-0.2, -0.15) is 0 Å². The topological polar surface area (TPSA) is 49.6 Å². The number of nitrogens with two attached hydrogens (primary N) is 1. The van der Waals surface area contributed by atoms with E-state index < -0.39 is 5.54 Å². The van der Waals surface area contributed by atoms with E-state index in [1.807, 2.05) is 4.90 Å². The average molecular weight is 279 g/mol. The molecule has 1 aromatic rings. The zero-order valence-electron chi connectivity index (χ0n) is 11.2. The number of carbonyl (C=O) groups is 1. The van der Waals surface area contributed by atoms with E-state index in [1.54, 1.807) is 11.3 Å². The molecule has 19 heavy (non-hydrogen) atoms. The first-order valence-electron chi connectivity index (χ1n) is 7.00. The predicted molar refractivity (Wildman–Crippen MR) is 76.9 cm³/mol. The maximum absolute atomic E-state index is 12.3. The molecule has 5 heteroatoms. The summed E-state index contributed by atoms with van der Waals surface area (Å²) in [6.45, 7) is 4.57. The highest BCUT2D eigenvalue weighted by atomic mass is 32.1. The second kappa shape index (κ2) is 5.23. The first kappa shape index (κ1) is 13.1. The van der Waals surface area contributed by atoms with E-state index in [-0.39, 0.29) is 5.91 Å². The minimum absolute atomic E-state index is 0.175. The lowest BCUT2D eigenvalue weighted by Gasteiger charge is -2.43. The van der Waals surface area contributed by atoms with Crippen LogP contribution in [0.3, 0.4) is 0 Å². The van der Waals surface area contributed by atoms with Crippen molar-refractivity contribution in [3.63, 3.8) is 0 Å². The Kier molecular flexibility index (Phi) is 3.60. The fourth-order valence-corrected chi connectivity index (χ4v) is 3.56. The molecule has 1 amide bonds. The van der Waals surface area contributed by atoms with Crippen molar-refractivity contribution in [3.8, 4) is 0 Å². The van der Waals surface area contributed by atoms with E-state index in [4.69, 9.17) is 5.73 Å². The van der Waals surface area contributed by atoms with Crippen LogP contribution in [0.1, 0.15) is 24.1 Å². The number of hydrogen-bond donors (Lipinski definition) is 1. The maximum atomic E-state index is 12.3. The molecule has 4 nitrogen and oxygen atoms in total. The summed E-state index contributed by atoms with van der Waals surface area (Å²) in [6.07, 6.45) is 2.82. The number of piperazine rings is 1. The molecule has 1 aliphatic carbocycles. The summed E-state index contributed by atoms with van der Waals surface area (Å²) >= 11 is 1.80. The second-order valence-corrected chi connectivity index (χ2v) is 6.69. The van der Waals surface area contributed by atoms with Crippen LogP contribution in [0.2, 0.25) is 0 Å². The second-order valence-electron chi connectivity index (χ2n) is 5.66. The molecule has 0 bridgehead atoms. The summed E-state index contributed by atoms with van der Waals surface area (Å²) in [5.41, 5.74) is 5.59. The zero-order chi connectivity index (χ0) is 13.3. The molecule has 0 atom stereocenters. The Hall–Kier alpha value is -0.910. The largest absolute Gasteiger partial charge is 0.339 e. The number of thiophene rings is 1. The molecular formula is C14H21N3OS. The van der Waals surface area contributed by atoms with Crippen molar-refractivity contribution in [2.24, 2.45) is 5.73 Å². The minimum Gasteiger partial charge on any atom is -0.339 e. The van der Waals surface area contributed by atoms with Crippen molar-refractivity contribution < 1.29 is 4.79 Å². The highest BCUT2D eigenvalue weighted by Gasteiger charge is 2.43. The normalized spacial score (nSPS) is 23.1. The van der Waals surface area contributed by atoms with E-state index in [0.717, 1.165) is 52.0 Å². The van der Waals surface area contributed by atoms with Crippen molar-refractivity contribution in [1.82, 2.24) is 9.80 Å². The van der Waals surface area contributed by atoms with Crippen LogP contribution in [0.15, 0.2) is 17.5 Å². The predicted octanol–water partition coefficient (Wildman–Crippen LogP) is 1.27. The van der Waals surface area contributed by atoms with E-state index >= 15 is 0 Å². The van der Waals surface area contributed by atoms with E-state index in [1.165, 1.54) is 4.88 Å². The van der Waals surface area contributed by atoms with Crippen molar-refractivity contribution >= 4 is 17.2 Å². The van der Waals surface area contributed by atoms with Gasteiger partial charge in [0.2, 0.25) is 5.91 Å². The summed E-state index contributed by atoms with van der Waals surface area (Å²) in [7, 11) is 0. The van der Waals surface area contributed by atoms with Crippen LogP contribution in [0.4, 0.5) is 0 Å². The molecule has 3 rings (SSSR count). The van der Waals surface area contributed by atoms with Gasteiger partial charge in [0.05, 0.1) is 5.54 Å². The highest BCUT2D eigenvalue weighted by Crippen LogP contribution is 2.31. The number of nitrogens with zero attached hydrogens (tertiary/aromatic N) is 2. The number of carbonyl (C=O) groups excluding carboxylic acids is 1.